The summed E-state index contributed by atoms with van der Waals surface area (Å²) < 4.78 is 0. The van der Waals surface area contributed by atoms with E-state index in [4.69, 9.17) is 11.0 Å². The molecule has 0 aromatic heterocycles. The van der Waals surface area contributed by atoms with Crippen molar-refractivity contribution in [2.24, 2.45) is 5.73 Å². The van der Waals surface area contributed by atoms with Gasteiger partial charge in [0, 0.05) is 11.6 Å². The molecule has 0 aromatic carbocycles. The van der Waals surface area contributed by atoms with Crippen LogP contribution in [0, 0.1) is 0 Å². The Labute approximate surface area is 65.6 Å². The number of hydrogen-bond donors (Lipinski definition) is 2. The fourth-order valence-corrected chi connectivity index (χ4v) is 0.569. The van der Waals surface area contributed by atoms with Gasteiger partial charge in [0.1, 0.15) is 0 Å². The summed E-state index contributed by atoms with van der Waals surface area (Å²) in [6.45, 7) is 5.24. The highest BCUT2D eigenvalue weighted by atomic mass is 17.1. The van der Waals surface area contributed by atoms with Crippen molar-refractivity contribution in [1.29, 1.82) is 0 Å². The summed E-state index contributed by atoms with van der Waals surface area (Å²) >= 11 is 0. The Bertz CT molecular complexity index is 154. The monoisotopic (exact) mass is 159 g/mol. The molecule has 0 aliphatic carbocycles. The maximum absolute atomic E-state index is 10.5. The number of carbonyl (C=O) groups excluding carboxylic acids is 1. The molecule has 4 heteroatoms. The Balaban J connectivity index is 3.61. The van der Waals surface area contributed by atoms with E-state index in [1.807, 2.05) is 6.92 Å². The standard InChI is InChI=1S/C7H13NO3/c1-5(7(9)11-10)3-4-6(2)8/h6,10H,1,3-4,8H2,2H3. The largest absolute Gasteiger partial charge is 0.368 e. The average Bonchev–Trinajstić information content (AvgIpc) is 1.98. The predicted octanol–water partition coefficient (Wildman–Crippen LogP) is 0.686. The molecule has 0 rings (SSSR count). The van der Waals surface area contributed by atoms with E-state index in [1.54, 1.807) is 0 Å². The molecular weight excluding hydrogens is 146 g/mol. The van der Waals surface area contributed by atoms with Crippen molar-refractivity contribution in [3.05, 3.63) is 12.2 Å². The van der Waals surface area contributed by atoms with E-state index in [9.17, 15) is 4.79 Å². The maximum atomic E-state index is 10.5. The average molecular weight is 159 g/mol. The van der Waals surface area contributed by atoms with E-state index < -0.39 is 5.97 Å². The van der Waals surface area contributed by atoms with Crippen molar-refractivity contribution in [3.8, 4) is 0 Å². The minimum atomic E-state index is -0.786. The van der Waals surface area contributed by atoms with E-state index in [0.29, 0.717) is 12.8 Å². The Kier molecular flexibility index (Phi) is 4.49. The van der Waals surface area contributed by atoms with Crippen molar-refractivity contribution in [2.45, 2.75) is 25.8 Å². The van der Waals surface area contributed by atoms with E-state index in [0.717, 1.165) is 0 Å². The van der Waals surface area contributed by atoms with E-state index in [1.165, 1.54) is 0 Å². The van der Waals surface area contributed by atoms with Crippen LogP contribution < -0.4 is 5.73 Å². The molecule has 1 atom stereocenters. The zero-order chi connectivity index (χ0) is 8.85. The first kappa shape index (κ1) is 10.1. The molecule has 0 heterocycles. The first-order valence-corrected chi connectivity index (χ1v) is 3.37. The summed E-state index contributed by atoms with van der Waals surface area (Å²) in [7, 11) is 0. The van der Waals surface area contributed by atoms with Crippen LogP contribution in [0.4, 0.5) is 0 Å². The predicted molar refractivity (Wildman–Crippen MR) is 40.7 cm³/mol. The first-order valence-electron chi connectivity index (χ1n) is 3.37. The van der Waals surface area contributed by atoms with Crippen LogP contribution in [0.2, 0.25) is 0 Å². The summed E-state index contributed by atoms with van der Waals surface area (Å²) in [6, 6.07) is 0.0262. The molecule has 0 bridgehead atoms. The molecule has 0 aromatic rings. The Hall–Kier alpha value is -0.870. The van der Waals surface area contributed by atoms with E-state index in [-0.39, 0.29) is 11.6 Å². The third-order valence-corrected chi connectivity index (χ3v) is 1.27. The van der Waals surface area contributed by atoms with Gasteiger partial charge in [-0.3, -0.25) is 4.89 Å². The molecule has 0 saturated heterocycles. The van der Waals surface area contributed by atoms with Crippen LogP contribution in [0.5, 0.6) is 0 Å². The lowest BCUT2D eigenvalue weighted by Crippen LogP contribution is -2.15. The van der Waals surface area contributed by atoms with Gasteiger partial charge in [0.2, 0.25) is 0 Å². The second-order valence-corrected chi connectivity index (χ2v) is 2.50. The Morgan fingerprint density at radius 2 is 2.36 bits per heavy atom. The van der Waals surface area contributed by atoms with Crippen molar-refractivity contribution in [3.63, 3.8) is 0 Å². The van der Waals surface area contributed by atoms with Gasteiger partial charge >= 0.3 is 5.97 Å². The zero-order valence-electron chi connectivity index (χ0n) is 6.54. The molecule has 0 spiro atoms. The fraction of sp³-hybridized carbons (Fsp3) is 0.571. The molecule has 0 fully saturated rings. The first-order chi connectivity index (χ1) is 5.07. The maximum Gasteiger partial charge on any atom is 0.368 e. The lowest BCUT2D eigenvalue weighted by atomic mass is 10.1. The highest BCUT2D eigenvalue weighted by Gasteiger charge is 2.08. The quantitative estimate of drug-likeness (QED) is 0.359. The molecule has 0 saturated carbocycles. The topological polar surface area (TPSA) is 72.6 Å². The number of hydrogen-bond acceptors (Lipinski definition) is 4. The molecule has 0 amide bonds. The summed E-state index contributed by atoms with van der Waals surface area (Å²) in [5, 5.41) is 7.93. The molecule has 0 aliphatic heterocycles. The highest BCUT2D eigenvalue weighted by molar-refractivity contribution is 5.87. The van der Waals surface area contributed by atoms with Crippen LogP contribution in [-0.2, 0) is 9.68 Å². The van der Waals surface area contributed by atoms with E-state index >= 15 is 0 Å². The normalized spacial score (nSPS) is 12.3. The smallest absolute Gasteiger partial charge is 0.328 e. The molecule has 64 valence electrons. The summed E-state index contributed by atoms with van der Waals surface area (Å²) in [5.41, 5.74) is 5.67. The molecule has 0 radical (unpaired) electrons. The minimum Gasteiger partial charge on any atom is -0.328 e. The van der Waals surface area contributed by atoms with Crippen molar-refractivity contribution < 1.29 is 14.9 Å². The van der Waals surface area contributed by atoms with Crippen molar-refractivity contribution >= 4 is 5.97 Å². The van der Waals surface area contributed by atoms with Gasteiger partial charge in [-0.1, -0.05) is 6.58 Å². The van der Waals surface area contributed by atoms with Crippen LogP contribution in [0.25, 0.3) is 0 Å². The van der Waals surface area contributed by atoms with Gasteiger partial charge in [-0.2, -0.15) is 5.26 Å². The summed E-state index contributed by atoms with van der Waals surface area (Å²) in [6.07, 6.45) is 1.12. The van der Waals surface area contributed by atoms with Crippen LogP contribution >= 0.6 is 0 Å². The summed E-state index contributed by atoms with van der Waals surface area (Å²) in [4.78, 5) is 14.0. The molecule has 1 unspecified atom stereocenters. The summed E-state index contributed by atoms with van der Waals surface area (Å²) in [5.74, 6) is -0.786. The van der Waals surface area contributed by atoms with Crippen LogP contribution in [0.1, 0.15) is 19.8 Å². The fourth-order valence-electron chi connectivity index (χ4n) is 0.569. The highest BCUT2D eigenvalue weighted by Crippen LogP contribution is 2.05. The van der Waals surface area contributed by atoms with Gasteiger partial charge in [-0.15, -0.1) is 0 Å². The SMILES string of the molecule is C=C(CCC(C)N)C(=O)OO. The van der Waals surface area contributed by atoms with Gasteiger partial charge in [0.25, 0.3) is 0 Å². The number of rotatable bonds is 4. The van der Waals surface area contributed by atoms with Gasteiger partial charge < -0.3 is 5.73 Å². The van der Waals surface area contributed by atoms with Gasteiger partial charge in [0.15, 0.2) is 0 Å². The number of nitrogens with two attached hydrogens (primary N) is 1. The van der Waals surface area contributed by atoms with Crippen molar-refractivity contribution in [2.75, 3.05) is 0 Å². The molecule has 11 heavy (non-hydrogen) atoms. The molecule has 3 N–H and O–H groups in total. The second kappa shape index (κ2) is 4.87. The van der Waals surface area contributed by atoms with Gasteiger partial charge in [-0.05, 0) is 19.8 Å². The van der Waals surface area contributed by atoms with Crippen molar-refractivity contribution in [1.82, 2.24) is 0 Å². The number of carbonyl (C=O) groups is 1. The molecular formula is C7H13NO3. The van der Waals surface area contributed by atoms with Crippen LogP contribution in [0.3, 0.4) is 0 Å². The van der Waals surface area contributed by atoms with Gasteiger partial charge in [-0.25, -0.2) is 4.79 Å². The molecule has 4 nitrogen and oxygen atoms in total. The second-order valence-electron chi connectivity index (χ2n) is 2.50. The van der Waals surface area contributed by atoms with E-state index in [2.05, 4.69) is 11.5 Å². The minimum absolute atomic E-state index is 0.0262. The third-order valence-electron chi connectivity index (χ3n) is 1.27. The van der Waals surface area contributed by atoms with Crippen LogP contribution in [0.15, 0.2) is 12.2 Å². The Morgan fingerprint density at radius 3 is 2.73 bits per heavy atom. The van der Waals surface area contributed by atoms with Gasteiger partial charge in [0.05, 0.1) is 0 Å². The zero-order valence-corrected chi connectivity index (χ0v) is 6.54. The lowest BCUT2D eigenvalue weighted by molar-refractivity contribution is -0.229. The lowest BCUT2D eigenvalue weighted by Gasteiger charge is -2.04. The Morgan fingerprint density at radius 1 is 1.82 bits per heavy atom. The molecule has 0 aliphatic rings. The third kappa shape index (κ3) is 4.52. The van der Waals surface area contributed by atoms with Crippen LogP contribution in [-0.4, -0.2) is 17.3 Å².